The second-order valence-electron chi connectivity index (χ2n) is 6.23. The Labute approximate surface area is 151 Å². The summed E-state index contributed by atoms with van der Waals surface area (Å²) in [5.74, 6) is 0.893. The number of nitrogens with zero attached hydrogens (tertiary/aromatic N) is 4. The fourth-order valence-corrected chi connectivity index (χ4v) is 2.86. The minimum atomic E-state index is 0.204. The van der Waals surface area contributed by atoms with Crippen LogP contribution in [0, 0.1) is 13.8 Å². The van der Waals surface area contributed by atoms with Gasteiger partial charge in [-0.05, 0) is 50.2 Å². The van der Waals surface area contributed by atoms with Crippen LogP contribution in [0.2, 0.25) is 0 Å². The van der Waals surface area contributed by atoms with Crippen molar-refractivity contribution >= 4 is 17.2 Å². The third kappa shape index (κ3) is 2.95. The molecule has 0 atom stereocenters. The zero-order valence-corrected chi connectivity index (χ0v) is 14.6. The van der Waals surface area contributed by atoms with E-state index in [0.717, 1.165) is 22.6 Å². The first kappa shape index (κ1) is 16.0. The molecule has 2 heterocycles. The molecular weight excluding hydrogens is 324 g/mol. The van der Waals surface area contributed by atoms with E-state index in [1.807, 2.05) is 41.7 Å². The fraction of sp³-hybridized carbons (Fsp3) is 0.0952. The highest BCUT2D eigenvalue weighted by Gasteiger charge is 2.15. The van der Waals surface area contributed by atoms with Crippen LogP contribution >= 0.6 is 0 Å². The molecule has 0 radical (unpaired) electrons. The van der Waals surface area contributed by atoms with Crippen molar-refractivity contribution in [1.29, 1.82) is 0 Å². The van der Waals surface area contributed by atoms with Gasteiger partial charge in [0.15, 0.2) is 5.82 Å². The van der Waals surface area contributed by atoms with E-state index in [9.17, 15) is 5.11 Å². The molecule has 0 aliphatic rings. The molecule has 4 aromatic rings. The summed E-state index contributed by atoms with van der Waals surface area (Å²) < 4.78 is 2.00. The van der Waals surface area contributed by atoms with Crippen molar-refractivity contribution in [1.82, 2.24) is 9.38 Å². The molecule has 0 saturated carbocycles. The topological polar surface area (TPSA) is 62.2 Å². The fourth-order valence-electron chi connectivity index (χ4n) is 2.86. The van der Waals surface area contributed by atoms with E-state index in [4.69, 9.17) is 4.98 Å². The summed E-state index contributed by atoms with van der Waals surface area (Å²) in [5.41, 5.74) is 5.52. The van der Waals surface area contributed by atoms with Gasteiger partial charge in [-0.1, -0.05) is 35.9 Å². The van der Waals surface area contributed by atoms with Crippen molar-refractivity contribution in [3.8, 4) is 17.0 Å². The maximum absolute atomic E-state index is 9.42. The Morgan fingerprint density at radius 1 is 0.846 bits per heavy atom. The predicted octanol–water partition coefficient (Wildman–Crippen LogP) is 5.74. The first-order valence-corrected chi connectivity index (χ1v) is 8.38. The minimum Gasteiger partial charge on any atom is -0.508 e. The van der Waals surface area contributed by atoms with Gasteiger partial charge < -0.3 is 5.11 Å². The molecule has 0 aliphatic carbocycles. The Balaban J connectivity index is 1.89. The third-order valence-corrected chi connectivity index (χ3v) is 4.25. The van der Waals surface area contributed by atoms with Crippen molar-refractivity contribution < 1.29 is 5.11 Å². The van der Waals surface area contributed by atoms with Gasteiger partial charge in [0.2, 0.25) is 0 Å². The van der Waals surface area contributed by atoms with Crippen LogP contribution in [0.5, 0.6) is 5.75 Å². The molecule has 128 valence electrons. The van der Waals surface area contributed by atoms with E-state index in [0.29, 0.717) is 11.5 Å². The molecule has 1 N–H and O–H groups in total. The monoisotopic (exact) mass is 342 g/mol. The molecule has 0 bridgehead atoms. The van der Waals surface area contributed by atoms with Crippen molar-refractivity contribution in [2.24, 2.45) is 10.2 Å². The number of aromatic hydroxyl groups is 1. The summed E-state index contributed by atoms with van der Waals surface area (Å²) in [6.45, 7) is 4.08. The summed E-state index contributed by atoms with van der Waals surface area (Å²) in [5, 5.41) is 18.3. The van der Waals surface area contributed by atoms with E-state index in [-0.39, 0.29) is 5.75 Å². The number of aromatic nitrogens is 2. The number of aryl methyl sites for hydroxylation is 2. The Morgan fingerprint density at radius 3 is 2.31 bits per heavy atom. The lowest BCUT2D eigenvalue weighted by atomic mass is 10.1. The summed E-state index contributed by atoms with van der Waals surface area (Å²) in [6, 6.07) is 20.8. The van der Waals surface area contributed by atoms with Gasteiger partial charge in [-0.15, -0.1) is 10.2 Å². The molecule has 0 spiro atoms. The van der Waals surface area contributed by atoms with Gasteiger partial charge in [-0.3, -0.25) is 4.40 Å². The van der Waals surface area contributed by atoms with E-state index < -0.39 is 0 Å². The van der Waals surface area contributed by atoms with Crippen LogP contribution in [0.15, 0.2) is 77.0 Å². The highest BCUT2D eigenvalue weighted by Crippen LogP contribution is 2.33. The average Bonchev–Trinajstić information content (AvgIpc) is 3.02. The Kier molecular flexibility index (Phi) is 3.97. The van der Waals surface area contributed by atoms with Crippen LogP contribution < -0.4 is 0 Å². The number of hydrogen-bond donors (Lipinski definition) is 1. The molecule has 0 fully saturated rings. The summed E-state index contributed by atoms with van der Waals surface area (Å²) in [4.78, 5) is 4.77. The number of rotatable bonds is 3. The normalized spacial score (nSPS) is 11.5. The van der Waals surface area contributed by atoms with Crippen molar-refractivity contribution in [2.75, 3.05) is 0 Å². The summed E-state index contributed by atoms with van der Waals surface area (Å²) in [6.07, 6.45) is 0. The maximum atomic E-state index is 9.42. The third-order valence-electron chi connectivity index (χ3n) is 4.25. The van der Waals surface area contributed by atoms with Crippen molar-refractivity contribution in [2.45, 2.75) is 13.8 Å². The lowest BCUT2D eigenvalue weighted by Gasteiger charge is -2.03. The number of imidazole rings is 1. The molecule has 2 aromatic heterocycles. The zero-order chi connectivity index (χ0) is 18.1. The van der Waals surface area contributed by atoms with Gasteiger partial charge in [0, 0.05) is 11.3 Å². The molecule has 5 nitrogen and oxygen atoms in total. The number of azo groups is 1. The molecule has 0 amide bonds. The molecule has 4 rings (SSSR count). The van der Waals surface area contributed by atoms with Crippen LogP contribution in [0.25, 0.3) is 16.9 Å². The minimum absolute atomic E-state index is 0.204. The number of phenols is 1. The van der Waals surface area contributed by atoms with Crippen molar-refractivity contribution in [3.05, 3.63) is 78.0 Å². The molecular formula is C21H18N4O. The number of benzene rings is 2. The molecule has 5 heteroatoms. The SMILES string of the molecule is Cc1ccc(-c2nc3cccc(C)n3c2N=Nc2ccc(O)cc2)cc1. The Morgan fingerprint density at radius 2 is 1.58 bits per heavy atom. The Bertz CT molecular complexity index is 1090. The van der Waals surface area contributed by atoms with E-state index >= 15 is 0 Å². The lowest BCUT2D eigenvalue weighted by molar-refractivity contribution is 0.475. The van der Waals surface area contributed by atoms with E-state index in [1.54, 1.807) is 24.3 Å². The predicted molar refractivity (Wildman–Crippen MR) is 102 cm³/mol. The van der Waals surface area contributed by atoms with Gasteiger partial charge >= 0.3 is 0 Å². The van der Waals surface area contributed by atoms with Crippen LogP contribution in [0.4, 0.5) is 11.5 Å². The smallest absolute Gasteiger partial charge is 0.187 e. The van der Waals surface area contributed by atoms with Crippen molar-refractivity contribution in [3.63, 3.8) is 0 Å². The quantitative estimate of drug-likeness (QED) is 0.483. The summed E-state index contributed by atoms with van der Waals surface area (Å²) in [7, 11) is 0. The largest absolute Gasteiger partial charge is 0.508 e. The Hall–Kier alpha value is -3.47. The first-order valence-electron chi connectivity index (χ1n) is 8.38. The highest BCUT2D eigenvalue weighted by atomic mass is 16.3. The highest BCUT2D eigenvalue weighted by molar-refractivity contribution is 5.75. The van der Waals surface area contributed by atoms with Gasteiger partial charge in [0.1, 0.15) is 17.1 Å². The number of hydrogen-bond acceptors (Lipinski definition) is 4. The number of pyridine rings is 1. The molecule has 26 heavy (non-hydrogen) atoms. The van der Waals surface area contributed by atoms with Gasteiger partial charge in [-0.25, -0.2) is 4.98 Å². The van der Waals surface area contributed by atoms with Gasteiger partial charge in [0.25, 0.3) is 0 Å². The van der Waals surface area contributed by atoms with Crippen LogP contribution in [0.3, 0.4) is 0 Å². The van der Waals surface area contributed by atoms with E-state index in [2.05, 4.69) is 29.3 Å². The molecule has 0 unspecified atom stereocenters. The first-order chi connectivity index (χ1) is 12.6. The molecule has 0 aliphatic heterocycles. The van der Waals surface area contributed by atoms with Crippen LogP contribution in [-0.4, -0.2) is 14.5 Å². The second-order valence-corrected chi connectivity index (χ2v) is 6.23. The van der Waals surface area contributed by atoms with E-state index in [1.165, 1.54) is 5.56 Å². The number of phenolic OH excluding ortho intramolecular Hbond substituents is 1. The second kappa shape index (κ2) is 6.44. The zero-order valence-electron chi connectivity index (χ0n) is 14.6. The average molecular weight is 342 g/mol. The van der Waals surface area contributed by atoms with Gasteiger partial charge in [0.05, 0.1) is 5.69 Å². The number of fused-ring (bicyclic) bond motifs is 1. The maximum Gasteiger partial charge on any atom is 0.187 e. The molecule has 0 saturated heterocycles. The standard InChI is InChI=1S/C21H18N4O/c1-14-6-8-16(9-7-14)20-21(24-23-17-10-12-18(26)13-11-17)25-15(2)4-3-5-19(25)22-20/h3-13,26H,1-2H3. The molecule has 2 aromatic carbocycles. The van der Waals surface area contributed by atoms with Gasteiger partial charge in [-0.2, -0.15) is 0 Å². The van der Waals surface area contributed by atoms with Crippen LogP contribution in [-0.2, 0) is 0 Å². The lowest BCUT2D eigenvalue weighted by Crippen LogP contribution is -1.89. The van der Waals surface area contributed by atoms with Crippen LogP contribution in [0.1, 0.15) is 11.3 Å². The summed E-state index contributed by atoms with van der Waals surface area (Å²) >= 11 is 0.